The first-order valence-electron chi connectivity index (χ1n) is 8.70. The highest BCUT2D eigenvalue weighted by Crippen LogP contribution is 2.19. The molecule has 7 nitrogen and oxygen atoms in total. The van der Waals surface area contributed by atoms with Crippen LogP contribution in [0.4, 0.5) is 0 Å². The van der Waals surface area contributed by atoms with E-state index in [1.165, 1.54) is 9.13 Å². The molecule has 1 amide bonds. The molecule has 0 spiro atoms. The topological polar surface area (TPSA) is 73.5 Å². The van der Waals surface area contributed by atoms with Gasteiger partial charge in [0.15, 0.2) is 0 Å². The van der Waals surface area contributed by atoms with Crippen molar-refractivity contribution in [1.29, 1.82) is 0 Å². The van der Waals surface area contributed by atoms with Crippen LogP contribution in [0.25, 0.3) is 10.9 Å². The number of benzene rings is 1. The molecule has 0 bridgehead atoms. The number of para-hydroxylation sites is 1. The molecule has 25 heavy (non-hydrogen) atoms. The van der Waals surface area contributed by atoms with E-state index in [0.29, 0.717) is 43.6 Å². The van der Waals surface area contributed by atoms with Gasteiger partial charge < -0.3 is 9.64 Å². The third kappa shape index (κ3) is 3.00. The van der Waals surface area contributed by atoms with Crippen LogP contribution in [0.2, 0.25) is 0 Å². The van der Waals surface area contributed by atoms with E-state index in [1.54, 1.807) is 36.1 Å². The van der Waals surface area contributed by atoms with Gasteiger partial charge in [0.25, 0.3) is 5.56 Å². The van der Waals surface area contributed by atoms with E-state index in [9.17, 15) is 14.4 Å². The van der Waals surface area contributed by atoms with Crippen molar-refractivity contribution in [1.82, 2.24) is 14.0 Å². The summed E-state index contributed by atoms with van der Waals surface area (Å²) in [7, 11) is 0. The minimum atomic E-state index is -0.631. The van der Waals surface area contributed by atoms with E-state index in [2.05, 4.69) is 0 Å². The zero-order valence-electron chi connectivity index (χ0n) is 14.6. The predicted molar refractivity (Wildman–Crippen MR) is 94.9 cm³/mol. The minimum absolute atomic E-state index is 0.0978. The molecular formula is C18H23N3O4. The van der Waals surface area contributed by atoms with Crippen molar-refractivity contribution in [2.45, 2.75) is 32.9 Å². The molecule has 1 fully saturated rings. The lowest BCUT2D eigenvalue weighted by Crippen LogP contribution is -2.48. The Kier molecular flexibility index (Phi) is 5.03. The molecule has 1 aromatic carbocycles. The summed E-state index contributed by atoms with van der Waals surface area (Å²) in [6.07, 6.45) is 0.474. The van der Waals surface area contributed by atoms with Gasteiger partial charge in [-0.3, -0.25) is 18.7 Å². The molecule has 134 valence electrons. The van der Waals surface area contributed by atoms with Crippen LogP contribution < -0.4 is 11.2 Å². The third-order valence-electron chi connectivity index (χ3n) is 4.70. The highest BCUT2D eigenvalue weighted by molar-refractivity contribution is 5.84. The number of rotatable bonds is 4. The maximum atomic E-state index is 13.0. The van der Waals surface area contributed by atoms with Gasteiger partial charge in [0, 0.05) is 19.6 Å². The average Bonchev–Trinajstić information content (AvgIpc) is 2.66. The molecule has 0 N–H and O–H groups in total. The van der Waals surface area contributed by atoms with Crippen LogP contribution in [0, 0.1) is 0 Å². The van der Waals surface area contributed by atoms with Crippen molar-refractivity contribution in [2.24, 2.45) is 0 Å². The molecule has 0 unspecified atom stereocenters. The van der Waals surface area contributed by atoms with Crippen molar-refractivity contribution >= 4 is 16.8 Å². The van der Waals surface area contributed by atoms with Crippen molar-refractivity contribution in [3.8, 4) is 0 Å². The molecule has 0 aliphatic carbocycles. The number of amides is 1. The molecule has 1 aliphatic rings. The van der Waals surface area contributed by atoms with Crippen molar-refractivity contribution in [2.75, 3.05) is 26.3 Å². The first-order valence-corrected chi connectivity index (χ1v) is 8.70. The Morgan fingerprint density at radius 2 is 1.84 bits per heavy atom. The summed E-state index contributed by atoms with van der Waals surface area (Å²) in [5.74, 6) is -0.0978. The molecule has 2 aromatic rings. The first-order chi connectivity index (χ1) is 12.1. The van der Waals surface area contributed by atoms with Crippen molar-refractivity contribution < 1.29 is 9.53 Å². The van der Waals surface area contributed by atoms with Crippen LogP contribution in [-0.2, 0) is 16.1 Å². The SMILES string of the molecule is CC[C@@H](C(=O)N1CCOCC1)n1c(=O)n(CC)c(=O)c2ccccc21. The Hall–Kier alpha value is -2.41. The molecule has 1 aliphatic heterocycles. The summed E-state index contributed by atoms with van der Waals surface area (Å²) in [6, 6.07) is 6.34. The molecule has 3 rings (SSSR count). The van der Waals surface area contributed by atoms with Gasteiger partial charge in [-0.05, 0) is 25.5 Å². The minimum Gasteiger partial charge on any atom is -0.378 e. The Labute approximate surface area is 145 Å². The number of carbonyl (C=O) groups excluding carboxylic acids is 1. The average molecular weight is 345 g/mol. The molecule has 0 saturated carbocycles. The predicted octanol–water partition coefficient (Wildman–Crippen LogP) is 0.993. The van der Waals surface area contributed by atoms with Crippen LogP contribution in [0.1, 0.15) is 26.3 Å². The molecule has 0 radical (unpaired) electrons. The van der Waals surface area contributed by atoms with Gasteiger partial charge in [-0.2, -0.15) is 0 Å². The number of nitrogens with zero attached hydrogens (tertiary/aromatic N) is 3. The lowest BCUT2D eigenvalue weighted by Gasteiger charge is -2.31. The summed E-state index contributed by atoms with van der Waals surface area (Å²) >= 11 is 0. The first kappa shape index (κ1) is 17.4. The van der Waals surface area contributed by atoms with E-state index >= 15 is 0 Å². The summed E-state index contributed by atoms with van der Waals surface area (Å²) in [4.78, 5) is 40.3. The smallest absolute Gasteiger partial charge is 0.332 e. The van der Waals surface area contributed by atoms with Gasteiger partial charge in [0.1, 0.15) is 6.04 Å². The third-order valence-corrected chi connectivity index (χ3v) is 4.70. The largest absolute Gasteiger partial charge is 0.378 e. The second-order valence-corrected chi connectivity index (χ2v) is 6.08. The number of ether oxygens (including phenoxy) is 1. The van der Waals surface area contributed by atoms with Crippen LogP contribution in [0.3, 0.4) is 0 Å². The van der Waals surface area contributed by atoms with Crippen LogP contribution in [-0.4, -0.2) is 46.2 Å². The number of morpholine rings is 1. The van der Waals surface area contributed by atoms with Gasteiger partial charge in [-0.15, -0.1) is 0 Å². The Bertz CT molecular complexity index is 893. The summed E-state index contributed by atoms with van der Waals surface area (Å²) < 4.78 is 7.98. The molecule has 1 aromatic heterocycles. The lowest BCUT2D eigenvalue weighted by atomic mass is 10.1. The van der Waals surface area contributed by atoms with Crippen LogP contribution in [0.15, 0.2) is 33.9 Å². The Balaban J connectivity index is 2.20. The van der Waals surface area contributed by atoms with E-state index in [0.717, 1.165) is 0 Å². The second kappa shape index (κ2) is 7.23. The summed E-state index contributed by atoms with van der Waals surface area (Å²) in [5, 5.41) is 0.456. The highest BCUT2D eigenvalue weighted by atomic mass is 16.5. The van der Waals surface area contributed by atoms with Crippen LogP contribution in [0.5, 0.6) is 0 Å². The lowest BCUT2D eigenvalue weighted by molar-refractivity contribution is -0.139. The zero-order chi connectivity index (χ0) is 18.0. The maximum absolute atomic E-state index is 13.0. The Morgan fingerprint density at radius 3 is 2.48 bits per heavy atom. The highest BCUT2D eigenvalue weighted by Gasteiger charge is 2.29. The monoisotopic (exact) mass is 345 g/mol. The van der Waals surface area contributed by atoms with Crippen LogP contribution >= 0.6 is 0 Å². The molecule has 1 atom stereocenters. The molecule has 2 heterocycles. The van der Waals surface area contributed by atoms with Gasteiger partial charge in [0.05, 0.1) is 24.1 Å². The fourth-order valence-electron chi connectivity index (χ4n) is 3.37. The number of carbonyl (C=O) groups is 1. The van der Waals surface area contributed by atoms with E-state index in [1.807, 2.05) is 6.92 Å². The number of fused-ring (bicyclic) bond motifs is 1. The summed E-state index contributed by atoms with van der Waals surface area (Å²) in [5.41, 5.74) is -0.233. The quantitative estimate of drug-likeness (QED) is 0.828. The zero-order valence-corrected chi connectivity index (χ0v) is 14.6. The maximum Gasteiger partial charge on any atom is 0.332 e. The standard InChI is InChI=1S/C18H23N3O4/c1-3-14(17(23)19-9-11-25-12-10-19)21-15-8-6-5-7-13(15)16(22)20(4-2)18(21)24/h5-8,14H,3-4,9-12H2,1-2H3/t14-/m0/s1. The van der Waals surface area contributed by atoms with Gasteiger partial charge >= 0.3 is 5.69 Å². The van der Waals surface area contributed by atoms with Gasteiger partial charge in [-0.1, -0.05) is 19.1 Å². The summed E-state index contributed by atoms with van der Waals surface area (Å²) in [6.45, 7) is 5.96. The molecule has 7 heteroatoms. The second-order valence-electron chi connectivity index (χ2n) is 6.08. The normalized spacial score (nSPS) is 16.2. The van der Waals surface area contributed by atoms with Crippen molar-refractivity contribution in [3.63, 3.8) is 0 Å². The number of hydrogen-bond donors (Lipinski definition) is 0. The van der Waals surface area contributed by atoms with E-state index in [-0.39, 0.29) is 18.0 Å². The fraction of sp³-hybridized carbons (Fsp3) is 0.500. The Morgan fingerprint density at radius 1 is 1.16 bits per heavy atom. The number of aromatic nitrogens is 2. The molecule has 1 saturated heterocycles. The molecular weight excluding hydrogens is 322 g/mol. The number of hydrogen-bond acceptors (Lipinski definition) is 4. The fourth-order valence-corrected chi connectivity index (χ4v) is 3.37. The van der Waals surface area contributed by atoms with Crippen molar-refractivity contribution in [3.05, 3.63) is 45.1 Å². The van der Waals surface area contributed by atoms with Gasteiger partial charge in [0.2, 0.25) is 5.91 Å². The van der Waals surface area contributed by atoms with E-state index in [4.69, 9.17) is 4.74 Å². The van der Waals surface area contributed by atoms with Gasteiger partial charge in [-0.25, -0.2) is 4.79 Å². The van der Waals surface area contributed by atoms with E-state index < -0.39 is 11.7 Å².